The minimum Gasteiger partial charge on any atom is -0.471 e. The number of halogens is 1. The molecule has 4 rings (SSSR count). The van der Waals surface area contributed by atoms with E-state index in [2.05, 4.69) is 16.2 Å². The number of imidazole rings is 1. The first-order valence-electron chi connectivity index (χ1n) is 9.66. The van der Waals surface area contributed by atoms with Crippen LogP contribution in [0, 0.1) is 11.3 Å². The quantitative estimate of drug-likeness (QED) is 0.671. The standard InChI is InChI=1S/C21H20ClN7O2/c1-12-10-29(21(24)30)27-20(31-12)15-7-18(19-9-25-11-28(19)2)26-17-8-16(22)13(4-3-5-23)6-14(15)17/h6-9,11-12H,3-4,10H2,1-2H3,(H2,24,30). The van der Waals surface area contributed by atoms with Gasteiger partial charge in [0.1, 0.15) is 6.10 Å². The zero-order valence-corrected chi connectivity index (χ0v) is 17.8. The lowest BCUT2D eigenvalue weighted by molar-refractivity contribution is 0.118. The van der Waals surface area contributed by atoms with Gasteiger partial charge in [-0.05, 0) is 37.1 Å². The summed E-state index contributed by atoms with van der Waals surface area (Å²) in [6, 6.07) is 6.99. The summed E-state index contributed by atoms with van der Waals surface area (Å²) in [5.41, 5.74) is 9.01. The van der Waals surface area contributed by atoms with Crippen molar-refractivity contribution in [2.75, 3.05) is 6.54 Å². The molecule has 2 aromatic heterocycles. The molecule has 0 saturated carbocycles. The molecule has 1 aromatic carbocycles. The second-order valence-electron chi connectivity index (χ2n) is 7.32. The summed E-state index contributed by atoms with van der Waals surface area (Å²) < 4.78 is 7.83. The molecule has 10 heteroatoms. The van der Waals surface area contributed by atoms with E-state index in [1.165, 1.54) is 5.01 Å². The number of hydrogen-bond donors (Lipinski definition) is 1. The predicted molar refractivity (Wildman–Crippen MR) is 116 cm³/mol. The Kier molecular flexibility index (Phi) is 5.48. The van der Waals surface area contributed by atoms with Crippen molar-refractivity contribution in [3.05, 3.63) is 46.9 Å². The molecule has 0 radical (unpaired) electrons. The van der Waals surface area contributed by atoms with E-state index in [9.17, 15) is 4.79 Å². The smallest absolute Gasteiger partial charge is 0.335 e. The van der Waals surface area contributed by atoms with Crippen molar-refractivity contribution in [2.24, 2.45) is 17.9 Å². The zero-order valence-electron chi connectivity index (χ0n) is 17.0. The number of aromatic nitrogens is 3. The SMILES string of the molecule is CC1CN(C(N)=O)N=C(c2cc(-c3cncn3C)nc3cc(Cl)c(CCC#N)cc23)O1. The van der Waals surface area contributed by atoms with E-state index in [-0.39, 0.29) is 18.5 Å². The van der Waals surface area contributed by atoms with E-state index in [0.29, 0.717) is 34.6 Å². The minimum absolute atomic E-state index is 0.260. The Morgan fingerprint density at radius 2 is 2.23 bits per heavy atom. The summed E-state index contributed by atoms with van der Waals surface area (Å²) in [4.78, 5) is 20.7. The summed E-state index contributed by atoms with van der Waals surface area (Å²) in [6.07, 6.45) is 3.94. The average Bonchev–Trinajstić information content (AvgIpc) is 3.16. The molecule has 0 bridgehead atoms. The van der Waals surface area contributed by atoms with E-state index in [0.717, 1.165) is 16.6 Å². The molecule has 2 amide bonds. The van der Waals surface area contributed by atoms with Gasteiger partial charge in [-0.25, -0.2) is 19.8 Å². The number of urea groups is 1. The number of hydrogen-bond acceptors (Lipinski definition) is 6. The number of carbonyl (C=O) groups is 1. The van der Waals surface area contributed by atoms with Gasteiger partial charge in [-0.3, -0.25) is 0 Å². The van der Waals surface area contributed by atoms with Crippen molar-refractivity contribution in [3.8, 4) is 17.5 Å². The van der Waals surface area contributed by atoms with Crippen LogP contribution in [0.3, 0.4) is 0 Å². The van der Waals surface area contributed by atoms with Crippen LogP contribution in [0.1, 0.15) is 24.5 Å². The van der Waals surface area contributed by atoms with Gasteiger partial charge in [0, 0.05) is 29.4 Å². The fourth-order valence-electron chi connectivity index (χ4n) is 3.49. The highest BCUT2D eigenvalue weighted by molar-refractivity contribution is 6.32. The third-order valence-electron chi connectivity index (χ3n) is 5.00. The number of benzene rings is 1. The number of aryl methyl sites for hydroxylation is 2. The number of ether oxygens (including phenoxy) is 1. The molecule has 0 spiro atoms. The molecule has 2 N–H and O–H groups in total. The summed E-state index contributed by atoms with van der Waals surface area (Å²) in [6.45, 7) is 2.10. The second-order valence-corrected chi connectivity index (χ2v) is 7.72. The van der Waals surface area contributed by atoms with Gasteiger partial charge < -0.3 is 15.0 Å². The highest BCUT2D eigenvalue weighted by Gasteiger charge is 2.26. The number of amides is 2. The van der Waals surface area contributed by atoms with Crippen molar-refractivity contribution in [2.45, 2.75) is 25.9 Å². The van der Waals surface area contributed by atoms with Crippen LogP contribution < -0.4 is 5.73 Å². The van der Waals surface area contributed by atoms with Crippen LogP contribution in [0.15, 0.2) is 35.8 Å². The number of nitrogens with two attached hydrogens (primary N) is 1. The number of carbonyl (C=O) groups excluding carboxylic acids is 1. The third kappa shape index (κ3) is 4.02. The first-order chi connectivity index (χ1) is 14.9. The Morgan fingerprint density at radius 3 is 2.90 bits per heavy atom. The molecular weight excluding hydrogens is 418 g/mol. The Bertz CT molecular complexity index is 1240. The van der Waals surface area contributed by atoms with Crippen LogP contribution in [-0.2, 0) is 18.2 Å². The molecule has 158 valence electrons. The van der Waals surface area contributed by atoms with E-state index in [4.69, 9.17) is 32.3 Å². The van der Waals surface area contributed by atoms with Gasteiger partial charge >= 0.3 is 6.03 Å². The van der Waals surface area contributed by atoms with Gasteiger partial charge in [0.2, 0.25) is 5.90 Å². The first-order valence-corrected chi connectivity index (χ1v) is 10.0. The maximum Gasteiger partial charge on any atom is 0.335 e. The number of nitrogens with zero attached hydrogens (tertiary/aromatic N) is 6. The molecule has 31 heavy (non-hydrogen) atoms. The highest BCUT2D eigenvalue weighted by atomic mass is 35.5. The van der Waals surface area contributed by atoms with E-state index < -0.39 is 6.03 Å². The van der Waals surface area contributed by atoms with E-state index in [1.54, 1.807) is 18.6 Å². The maximum absolute atomic E-state index is 11.8. The van der Waals surface area contributed by atoms with Crippen LogP contribution in [0.25, 0.3) is 22.3 Å². The minimum atomic E-state index is -0.657. The van der Waals surface area contributed by atoms with Crippen molar-refractivity contribution in [1.29, 1.82) is 5.26 Å². The Labute approximate surface area is 183 Å². The normalized spacial score (nSPS) is 16.0. The molecule has 0 aliphatic carbocycles. The van der Waals surface area contributed by atoms with Crippen LogP contribution in [-0.4, -0.2) is 44.1 Å². The Morgan fingerprint density at radius 1 is 1.42 bits per heavy atom. The number of nitriles is 1. The molecular formula is C21H20ClN7O2. The van der Waals surface area contributed by atoms with E-state index >= 15 is 0 Å². The van der Waals surface area contributed by atoms with Crippen LogP contribution in [0.5, 0.6) is 0 Å². The summed E-state index contributed by atoms with van der Waals surface area (Å²) in [7, 11) is 1.87. The number of pyridine rings is 1. The summed E-state index contributed by atoms with van der Waals surface area (Å²) >= 11 is 6.48. The average molecular weight is 438 g/mol. The van der Waals surface area contributed by atoms with Gasteiger partial charge in [0.15, 0.2) is 0 Å². The molecule has 0 saturated heterocycles. The van der Waals surface area contributed by atoms with Crippen molar-refractivity contribution in [1.82, 2.24) is 19.5 Å². The molecule has 1 atom stereocenters. The lowest BCUT2D eigenvalue weighted by atomic mass is 10.0. The second kappa shape index (κ2) is 8.24. The number of rotatable bonds is 4. The lowest BCUT2D eigenvalue weighted by Gasteiger charge is -2.28. The molecule has 3 aromatic rings. The van der Waals surface area contributed by atoms with Crippen molar-refractivity contribution in [3.63, 3.8) is 0 Å². The molecule has 1 aliphatic heterocycles. The van der Waals surface area contributed by atoms with Gasteiger partial charge in [-0.1, -0.05) is 11.6 Å². The Balaban J connectivity index is 1.97. The van der Waals surface area contributed by atoms with Crippen LogP contribution in [0.2, 0.25) is 5.02 Å². The number of primary amides is 1. The Hall–Kier alpha value is -3.64. The zero-order chi connectivity index (χ0) is 22.1. The molecule has 1 unspecified atom stereocenters. The molecule has 3 heterocycles. The van der Waals surface area contributed by atoms with Crippen LogP contribution in [0.4, 0.5) is 4.79 Å². The van der Waals surface area contributed by atoms with Gasteiger partial charge in [0.05, 0.1) is 42.0 Å². The van der Waals surface area contributed by atoms with Gasteiger partial charge in [-0.15, -0.1) is 5.10 Å². The lowest BCUT2D eigenvalue weighted by Crippen LogP contribution is -2.42. The fourth-order valence-corrected chi connectivity index (χ4v) is 3.74. The van der Waals surface area contributed by atoms with Gasteiger partial charge in [0.25, 0.3) is 0 Å². The monoisotopic (exact) mass is 437 g/mol. The van der Waals surface area contributed by atoms with Crippen molar-refractivity contribution < 1.29 is 9.53 Å². The fraction of sp³-hybridized carbons (Fsp3) is 0.286. The summed E-state index contributed by atoms with van der Waals surface area (Å²) in [5.74, 6) is 0.266. The molecule has 9 nitrogen and oxygen atoms in total. The first kappa shape index (κ1) is 20.6. The molecule has 1 aliphatic rings. The predicted octanol–water partition coefficient (Wildman–Crippen LogP) is 3.21. The number of hydrazone groups is 1. The van der Waals surface area contributed by atoms with E-state index in [1.807, 2.05) is 30.7 Å². The number of fused-ring (bicyclic) bond motifs is 1. The van der Waals surface area contributed by atoms with Gasteiger partial charge in [-0.2, -0.15) is 5.26 Å². The van der Waals surface area contributed by atoms with Crippen molar-refractivity contribution >= 4 is 34.4 Å². The third-order valence-corrected chi connectivity index (χ3v) is 5.35. The van der Waals surface area contributed by atoms with Crippen LogP contribution >= 0.6 is 11.6 Å². The maximum atomic E-state index is 11.8. The summed E-state index contributed by atoms with van der Waals surface area (Å²) in [5, 5.41) is 15.8. The molecule has 0 fully saturated rings. The topological polar surface area (TPSA) is 122 Å². The largest absolute Gasteiger partial charge is 0.471 e. The highest BCUT2D eigenvalue weighted by Crippen LogP contribution is 2.31.